The zero-order valence-electron chi connectivity index (χ0n) is 34.1. The minimum absolute atomic E-state index is 0.0236. The average Bonchev–Trinajstić information content (AvgIpc) is 4.12. The number of carbonyl (C=O) groups excluding carboxylic acids is 3. The van der Waals surface area contributed by atoms with Crippen LogP contribution in [0.2, 0.25) is 0 Å². The molecular formula is C47H48F2N8O4. The number of nitrogens with one attached hydrogen (secondary N) is 2. The number of primary amides is 1. The van der Waals surface area contributed by atoms with E-state index in [9.17, 15) is 14.4 Å². The topological polar surface area (TPSA) is 154 Å². The van der Waals surface area contributed by atoms with Crippen molar-refractivity contribution in [3.05, 3.63) is 144 Å². The van der Waals surface area contributed by atoms with Crippen molar-refractivity contribution in [2.75, 3.05) is 26.2 Å². The molecule has 4 N–H and O–H groups in total. The van der Waals surface area contributed by atoms with Gasteiger partial charge in [-0.25, -0.2) is 23.5 Å². The van der Waals surface area contributed by atoms with Crippen molar-refractivity contribution in [1.29, 1.82) is 0 Å². The van der Waals surface area contributed by atoms with E-state index in [0.717, 1.165) is 31.5 Å². The molecule has 0 saturated carbocycles. The van der Waals surface area contributed by atoms with Crippen LogP contribution in [0.1, 0.15) is 86.5 Å². The molecule has 14 heteroatoms. The zero-order valence-corrected chi connectivity index (χ0v) is 34.1. The number of aromatic amines is 2. The molecule has 6 aromatic rings. The summed E-state index contributed by atoms with van der Waals surface area (Å²) in [6.07, 6.45) is 3.70. The van der Waals surface area contributed by atoms with Crippen molar-refractivity contribution in [2.45, 2.75) is 63.8 Å². The van der Waals surface area contributed by atoms with Gasteiger partial charge in [-0.1, -0.05) is 86.6 Å². The summed E-state index contributed by atoms with van der Waals surface area (Å²) < 4.78 is 37.0. The Hall–Kier alpha value is -6.67. The summed E-state index contributed by atoms with van der Waals surface area (Å²) in [5.74, 6) is -0.376. The first kappa shape index (κ1) is 41.1. The van der Waals surface area contributed by atoms with Gasteiger partial charge in [0.05, 0.1) is 35.9 Å². The van der Waals surface area contributed by atoms with Crippen molar-refractivity contribution >= 4 is 17.9 Å². The zero-order chi connectivity index (χ0) is 42.6. The number of hydrogen-bond acceptors (Lipinski definition) is 7. The van der Waals surface area contributed by atoms with Crippen LogP contribution in [0.5, 0.6) is 0 Å². The predicted molar refractivity (Wildman–Crippen MR) is 226 cm³/mol. The Morgan fingerprint density at radius 1 is 0.721 bits per heavy atom. The van der Waals surface area contributed by atoms with Crippen LogP contribution in [0.3, 0.4) is 0 Å². The molecule has 0 bridgehead atoms. The molecule has 2 fully saturated rings. The Balaban J connectivity index is 0.970. The van der Waals surface area contributed by atoms with E-state index in [1.807, 2.05) is 35.2 Å². The number of likely N-dealkylation sites (tertiary alicyclic amines) is 2. The predicted octanol–water partition coefficient (Wildman–Crippen LogP) is 8.66. The van der Waals surface area contributed by atoms with E-state index in [1.165, 1.54) is 18.3 Å². The second-order valence-electron chi connectivity index (χ2n) is 15.4. The quantitative estimate of drug-likeness (QED) is 0.105. The van der Waals surface area contributed by atoms with Crippen molar-refractivity contribution < 1.29 is 27.9 Å². The normalized spacial score (nSPS) is 17.5. The van der Waals surface area contributed by atoms with Crippen molar-refractivity contribution in [3.63, 3.8) is 0 Å². The third-order valence-corrected chi connectivity index (χ3v) is 11.8. The summed E-state index contributed by atoms with van der Waals surface area (Å²) in [7, 11) is 0. The lowest BCUT2D eigenvalue weighted by Gasteiger charge is -2.34. The third kappa shape index (κ3) is 8.40. The van der Waals surface area contributed by atoms with Gasteiger partial charge in [0, 0.05) is 29.8 Å². The molecule has 4 heterocycles. The van der Waals surface area contributed by atoms with Crippen LogP contribution in [0, 0.1) is 11.6 Å². The summed E-state index contributed by atoms with van der Waals surface area (Å²) in [6.45, 7) is 6.58. The molecule has 0 unspecified atom stereocenters. The number of nitrogens with two attached hydrogens (primary N) is 1. The molecule has 2 aromatic heterocycles. The number of imidazole rings is 2. The van der Waals surface area contributed by atoms with Gasteiger partial charge < -0.3 is 30.2 Å². The third-order valence-electron chi connectivity index (χ3n) is 11.8. The monoisotopic (exact) mass is 826 g/mol. The fourth-order valence-corrected chi connectivity index (χ4v) is 8.79. The van der Waals surface area contributed by atoms with E-state index < -0.39 is 41.8 Å². The highest BCUT2D eigenvalue weighted by molar-refractivity contribution is 5.85. The first-order valence-electron chi connectivity index (χ1n) is 20.8. The Labute approximate surface area is 352 Å². The number of rotatable bonds is 13. The lowest BCUT2D eigenvalue weighted by atomic mass is 10.00. The van der Waals surface area contributed by atoms with Crippen LogP contribution in [-0.2, 0) is 14.3 Å². The van der Waals surface area contributed by atoms with Crippen LogP contribution in [0.25, 0.3) is 33.6 Å². The van der Waals surface area contributed by atoms with Crippen molar-refractivity contribution in [3.8, 4) is 33.6 Å². The average molecular weight is 827 g/mol. The van der Waals surface area contributed by atoms with Crippen molar-refractivity contribution in [1.82, 2.24) is 34.6 Å². The van der Waals surface area contributed by atoms with Gasteiger partial charge in [-0.05, 0) is 79.7 Å². The van der Waals surface area contributed by atoms with Crippen LogP contribution in [0.15, 0.2) is 109 Å². The van der Waals surface area contributed by atoms with Crippen LogP contribution >= 0.6 is 0 Å². The van der Waals surface area contributed by atoms with Gasteiger partial charge in [-0.3, -0.25) is 14.5 Å². The maximum atomic E-state index is 15.9. The largest absolute Gasteiger partial charge is 0.431 e. The van der Waals surface area contributed by atoms with Gasteiger partial charge in [-0.2, -0.15) is 0 Å². The second kappa shape index (κ2) is 17.9. The van der Waals surface area contributed by atoms with Crippen LogP contribution in [-0.4, -0.2) is 78.7 Å². The number of H-pyrrole nitrogens is 2. The first-order chi connectivity index (χ1) is 29.6. The number of nitrogens with zero attached hydrogens (tertiary/aromatic N) is 5. The fraction of sp³-hybridized carbons (Fsp3) is 0.298. The number of carbonyl (C=O) groups is 3. The maximum Gasteiger partial charge on any atom is 0.405 e. The molecule has 0 spiro atoms. The highest BCUT2D eigenvalue weighted by Crippen LogP contribution is 2.38. The Morgan fingerprint density at radius 3 is 1.66 bits per heavy atom. The van der Waals surface area contributed by atoms with Crippen LogP contribution in [0.4, 0.5) is 13.6 Å². The minimum atomic E-state index is -1.22. The van der Waals surface area contributed by atoms with Gasteiger partial charge in [0.1, 0.15) is 29.3 Å². The molecule has 314 valence electrons. The van der Waals surface area contributed by atoms with E-state index >= 15 is 8.78 Å². The van der Waals surface area contributed by atoms with Gasteiger partial charge in [0.25, 0.3) is 5.91 Å². The SMILES string of the molecule is CCN(CC)[C@@H](C(=O)N1CCC[C@H]1c1ncc(-c2ccc(-c3ccc(-c4cnc([C@@H]5CCCN5C(=O)[C@H](OC(N)=O)c5ccccc5)[nH]4)c(F)c3)cc2F)[nH]1)c1ccccc1. The highest BCUT2D eigenvalue weighted by atomic mass is 19.1. The number of ether oxygens (including phenoxy) is 1. The Morgan fingerprint density at radius 2 is 1.20 bits per heavy atom. The van der Waals surface area contributed by atoms with E-state index in [4.69, 9.17) is 10.5 Å². The number of halogens is 2. The van der Waals surface area contributed by atoms with Gasteiger partial charge >= 0.3 is 6.09 Å². The molecule has 3 amide bonds. The van der Waals surface area contributed by atoms with Crippen molar-refractivity contribution in [2.24, 2.45) is 5.73 Å². The smallest absolute Gasteiger partial charge is 0.405 e. The Bertz CT molecular complexity index is 2510. The molecule has 0 aliphatic carbocycles. The molecule has 4 aromatic carbocycles. The molecule has 61 heavy (non-hydrogen) atoms. The highest BCUT2D eigenvalue weighted by Gasteiger charge is 2.39. The Kier molecular flexibility index (Phi) is 12.1. The lowest BCUT2D eigenvalue weighted by Crippen LogP contribution is -2.43. The number of amides is 3. The van der Waals surface area contributed by atoms with E-state index in [0.29, 0.717) is 71.2 Å². The summed E-state index contributed by atoms with van der Waals surface area (Å²) in [6, 6.07) is 26.8. The standard InChI is InChI=1S/C47H48F2N8O4/c1-3-55(4-2)41(29-13-7-5-8-14-29)45(58)56-23-11-17-39(56)43-51-27-37(53-43)33-21-19-31(25-35(33)48)32-20-22-34(36(49)26-32)38-28-52-44(54-38)40-18-12-24-57(40)46(59)42(61-47(50)60)30-15-9-6-10-16-30/h5-10,13-16,19-22,25-28,39-42H,3-4,11-12,17-18,23-24H2,1-2H3,(H2,50,60)(H,51,53)(H,52,54)/t39-,40-,41+,42+/m0/s1. The lowest BCUT2D eigenvalue weighted by molar-refractivity contribution is -0.141. The second-order valence-corrected chi connectivity index (χ2v) is 15.4. The summed E-state index contributed by atoms with van der Waals surface area (Å²) in [4.78, 5) is 61.0. The minimum Gasteiger partial charge on any atom is -0.431 e. The van der Waals surface area contributed by atoms with E-state index in [2.05, 4.69) is 38.7 Å². The first-order valence-corrected chi connectivity index (χ1v) is 20.8. The summed E-state index contributed by atoms with van der Waals surface area (Å²) >= 11 is 0. The van der Waals surface area contributed by atoms with Gasteiger partial charge in [-0.15, -0.1) is 0 Å². The number of hydrogen-bond donors (Lipinski definition) is 3. The number of benzene rings is 4. The van der Waals surface area contributed by atoms with Crippen LogP contribution < -0.4 is 5.73 Å². The summed E-state index contributed by atoms with van der Waals surface area (Å²) in [5, 5.41) is 0. The van der Waals surface area contributed by atoms with Gasteiger partial charge in [0.15, 0.2) is 0 Å². The maximum absolute atomic E-state index is 15.9. The summed E-state index contributed by atoms with van der Waals surface area (Å²) in [5.41, 5.74) is 9.19. The molecule has 2 saturated heterocycles. The molecule has 0 radical (unpaired) electrons. The molecule has 2 aliphatic heterocycles. The number of aromatic nitrogens is 4. The molecule has 4 atom stereocenters. The number of likely N-dealkylation sites (N-methyl/N-ethyl adjacent to an activating group) is 1. The molecule has 8 rings (SSSR count). The fourth-order valence-electron chi connectivity index (χ4n) is 8.79. The molecular weight excluding hydrogens is 779 g/mol. The van der Waals surface area contributed by atoms with Gasteiger partial charge in [0.2, 0.25) is 12.0 Å². The molecule has 12 nitrogen and oxygen atoms in total. The molecule has 2 aliphatic rings. The van der Waals surface area contributed by atoms with E-state index in [1.54, 1.807) is 65.7 Å². The van der Waals surface area contributed by atoms with E-state index in [-0.39, 0.29) is 17.5 Å².